The lowest BCUT2D eigenvalue weighted by molar-refractivity contribution is 0.0857. The molecule has 0 unspecified atom stereocenters. The van der Waals surface area contributed by atoms with Crippen LogP contribution in [-0.2, 0) is 0 Å². The van der Waals surface area contributed by atoms with E-state index >= 15 is 0 Å². The Morgan fingerprint density at radius 2 is 1.83 bits per heavy atom. The van der Waals surface area contributed by atoms with E-state index in [1.807, 2.05) is 25.1 Å². The van der Waals surface area contributed by atoms with E-state index in [9.17, 15) is 4.79 Å². The van der Waals surface area contributed by atoms with Crippen LogP contribution in [0.25, 0.3) is 10.8 Å². The van der Waals surface area contributed by atoms with Crippen LogP contribution >= 0.6 is 0 Å². The van der Waals surface area contributed by atoms with Crippen LogP contribution in [0.15, 0.2) is 29.3 Å². The average Bonchev–Trinajstić information content (AvgIpc) is 3.04. The van der Waals surface area contributed by atoms with Crippen LogP contribution in [0, 0.1) is 0 Å². The summed E-state index contributed by atoms with van der Waals surface area (Å²) in [6.45, 7) is 3.13. The van der Waals surface area contributed by atoms with E-state index < -0.39 is 0 Å². The highest BCUT2D eigenvalue weighted by Gasteiger charge is 2.23. The molecule has 2 aromatic carbocycles. The molecule has 6 heteroatoms. The van der Waals surface area contributed by atoms with E-state index in [4.69, 9.17) is 14.2 Å². The van der Waals surface area contributed by atoms with Crippen molar-refractivity contribution in [1.29, 1.82) is 0 Å². The first-order chi connectivity index (χ1) is 11.6. The van der Waals surface area contributed by atoms with Gasteiger partial charge in [-0.15, -0.1) is 0 Å². The van der Waals surface area contributed by atoms with E-state index in [1.54, 1.807) is 32.3 Å². The van der Waals surface area contributed by atoms with E-state index in [1.165, 1.54) is 0 Å². The molecular weight excluding hydrogens is 308 g/mol. The standard InChI is InChI=1S/C18H20N2O4/c1-11-19-7-8-20(11)18(21)12-5-6-14-13(9-12)10-15(22-2)17(24-4)16(14)23-3/h5-6,9-10H,7-8H2,1-4H3. The van der Waals surface area contributed by atoms with E-state index in [0.717, 1.165) is 16.6 Å². The van der Waals surface area contributed by atoms with Gasteiger partial charge in [0.1, 0.15) is 5.84 Å². The second-order valence-corrected chi connectivity index (χ2v) is 5.47. The SMILES string of the molecule is COc1cc2cc(C(=O)N3CCN=C3C)ccc2c(OC)c1OC. The van der Waals surface area contributed by atoms with Crippen molar-refractivity contribution in [2.24, 2.45) is 4.99 Å². The molecule has 0 spiro atoms. The maximum Gasteiger partial charge on any atom is 0.259 e. The molecule has 0 atom stereocenters. The normalized spacial score (nSPS) is 13.8. The molecule has 126 valence electrons. The van der Waals surface area contributed by atoms with Gasteiger partial charge in [0.15, 0.2) is 11.5 Å². The maximum atomic E-state index is 12.7. The van der Waals surface area contributed by atoms with Gasteiger partial charge in [0, 0.05) is 17.5 Å². The van der Waals surface area contributed by atoms with Crippen molar-refractivity contribution in [1.82, 2.24) is 4.90 Å². The van der Waals surface area contributed by atoms with E-state index in [0.29, 0.717) is 35.9 Å². The van der Waals surface area contributed by atoms with Crippen LogP contribution in [0.2, 0.25) is 0 Å². The van der Waals surface area contributed by atoms with Crippen LogP contribution in [-0.4, -0.2) is 51.1 Å². The Bertz CT molecular complexity index is 829. The number of carbonyl (C=O) groups is 1. The van der Waals surface area contributed by atoms with Gasteiger partial charge in [0.25, 0.3) is 5.91 Å². The van der Waals surface area contributed by atoms with Gasteiger partial charge in [0.2, 0.25) is 5.75 Å². The first-order valence-electron chi connectivity index (χ1n) is 7.66. The number of rotatable bonds is 4. The molecule has 2 aromatic rings. The van der Waals surface area contributed by atoms with E-state index in [2.05, 4.69) is 4.99 Å². The fraction of sp³-hybridized carbons (Fsp3) is 0.333. The number of ether oxygens (including phenoxy) is 3. The van der Waals surface area contributed by atoms with Crippen LogP contribution < -0.4 is 14.2 Å². The predicted octanol–water partition coefficient (Wildman–Crippen LogP) is 2.74. The number of nitrogens with zero attached hydrogens (tertiary/aromatic N) is 2. The second-order valence-electron chi connectivity index (χ2n) is 5.47. The summed E-state index contributed by atoms with van der Waals surface area (Å²) in [6, 6.07) is 7.35. The van der Waals surface area contributed by atoms with Gasteiger partial charge in [-0.05, 0) is 36.6 Å². The lowest BCUT2D eigenvalue weighted by Gasteiger charge is -2.18. The van der Waals surface area contributed by atoms with Crippen molar-refractivity contribution in [3.8, 4) is 17.2 Å². The van der Waals surface area contributed by atoms with E-state index in [-0.39, 0.29) is 5.91 Å². The molecule has 0 N–H and O–H groups in total. The van der Waals surface area contributed by atoms with Crippen LogP contribution in [0.4, 0.5) is 0 Å². The molecule has 24 heavy (non-hydrogen) atoms. The zero-order valence-corrected chi connectivity index (χ0v) is 14.3. The van der Waals surface area contributed by atoms with Gasteiger partial charge in [-0.25, -0.2) is 0 Å². The molecule has 0 radical (unpaired) electrons. The van der Waals surface area contributed by atoms with Gasteiger partial charge >= 0.3 is 0 Å². The zero-order valence-electron chi connectivity index (χ0n) is 14.3. The lowest BCUT2D eigenvalue weighted by atomic mass is 10.0. The van der Waals surface area contributed by atoms with Gasteiger partial charge in [-0.1, -0.05) is 0 Å². The van der Waals surface area contributed by atoms with Gasteiger partial charge in [0.05, 0.1) is 27.9 Å². The summed E-state index contributed by atoms with van der Waals surface area (Å²) in [7, 11) is 4.72. The molecule has 1 amide bonds. The third kappa shape index (κ3) is 2.54. The minimum atomic E-state index is -0.0515. The maximum absolute atomic E-state index is 12.7. The Hall–Kier alpha value is -2.76. The average molecular weight is 328 g/mol. The topological polar surface area (TPSA) is 60.4 Å². The highest BCUT2D eigenvalue weighted by molar-refractivity contribution is 6.08. The molecule has 0 aliphatic carbocycles. The molecular formula is C18H20N2O4. The predicted molar refractivity (Wildman–Crippen MR) is 92.6 cm³/mol. The third-order valence-corrected chi connectivity index (χ3v) is 4.19. The Labute approximate surface area is 140 Å². The molecule has 0 saturated heterocycles. The molecule has 6 nitrogen and oxygen atoms in total. The Morgan fingerprint density at radius 3 is 2.42 bits per heavy atom. The Balaban J connectivity index is 2.11. The number of amidine groups is 1. The van der Waals surface area contributed by atoms with Crippen molar-refractivity contribution < 1.29 is 19.0 Å². The van der Waals surface area contributed by atoms with Gasteiger partial charge < -0.3 is 14.2 Å². The Kier molecular flexibility index (Phi) is 4.29. The summed E-state index contributed by atoms with van der Waals surface area (Å²) < 4.78 is 16.3. The fourth-order valence-electron chi connectivity index (χ4n) is 2.97. The zero-order chi connectivity index (χ0) is 17.3. The number of carbonyl (C=O) groups excluding carboxylic acids is 1. The first-order valence-corrected chi connectivity index (χ1v) is 7.66. The smallest absolute Gasteiger partial charge is 0.259 e. The lowest BCUT2D eigenvalue weighted by Crippen LogP contribution is -2.32. The minimum Gasteiger partial charge on any atom is -0.493 e. The number of benzene rings is 2. The fourth-order valence-corrected chi connectivity index (χ4v) is 2.97. The largest absolute Gasteiger partial charge is 0.493 e. The number of hydrogen-bond donors (Lipinski definition) is 0. The highest BCUT2D eigenvalue weighted by atomic mass is 16.5. The highest BCUT2D eigenvalue weighted by Crippen LogP contribution is 2.43. The van der Waals surface area contributed by atoms with Crippen molar-refractivity contribution in [2.75, 3.05) is 34.4 Å². The second kappa shape index (κ2) is 6.39. The minimum absolute atomic E-state index is 0.0515. The number of amides is 1. The molecule has 0 saturated carbocycles. The number of fused-ring (bicyclic) bond motifs is 1. The summed E-state index contributed by atoms with van der Waals surface area (Å²) in [5.74, 6) is 2.39. The van der Waals surface area contributed by atoms with Crippen LogP contribution in [0.5, 0.6) is 17.2 Å². The van der Waals surface area contributed by atoms with Crippen LogP contribution in [0.3, 0.4) is 0 Å². The summed E-state index contributed by atoms with van der Waals surface area (Å²) in [4.78, 5) is 18.7. The molecule has 0 aromatic heterocycles. The van der Waals surface area contributed by atoms with Crippen LogP contribution in [0.1, 0.15) is 17.3 Å². The molecule has 1 aliphatic heterocycles. The molecule has 1 aliphatic rings. The van der Waals surface area contributed by atoms with Gasteiger partial charge in [-0.2, -0.15) is 0 Å². The monoisotopic (exact) mass is 328 g/mol. The van der Waals surface area contributed by atoms with Crippen molar-refractivity contribution >= 4 is 22.5 Å². The quantitative estimate of drug-likeness (QED) is 0.866. The summed E-state index contributed by atoms with van der Waals surface area (Å²) in [6.07, 6.45) is 0. The molecule has 1 heterocycles. The molecule has 0 bridgehead atoms. The third-order valence-electron chi connectivity index (χ3n) is 4.19. The summed E-state index contributed by atoms with van der Waals surface area (Å²) in [5, 5.41) is 1.71. The van der Waals surface area contributed by atoms with Crippen molar-refractivity contribution in [2.45, 2.75) is 6.92 Å². The first kappa shape index (κ1) is 16.1. The number of hydrogen-bond acceptors (Lipinski definition) is 5. The molecule has 0 fully saturated rings. The number of aliphatic imine (C=N–C) groups is 1. The number of methoxy groups -OCH3 is 3. The van der Waals surface area contributed by atoms with Crippen molar-refractivity contribution in [3.63, 3.8) is 0 Å². The van der Waals surface area contributed by atoms with Gasteiger partial charge in [-0.3, -0.25) is 14.7 Å². The summed E-state index contributed by atoms with van der Waals surface area (Å²) in [5.41, 5.74) is 0.605. The summed E-state index contributed by atoms with van der Waals surface area (Å²) >= 11 is 0. The Morgan fingerprint density at radius 1 is 1.08 bits per heavy atom. The van der Waals surface area contributed by atoms with Crippen molar-refractivity contribution in [3.05, 3.63) is 29.8 Å². The molecule has 3 rings (SSSR count).